The van der Waals surface area contributed by atoms with Gasteiger partial charge in [-0.2, -0.15) is 0 Å². The Morgan fingerprint density at radius 2 is 2.00 bits per heavy atom. The molecule has 2 nitrogen and oxygen atoms in total. The molecule has 0 spiro atoms. The fourth-order valence-electron chi connectivity index (χ4n) is 0.645. The normalized spacial score (nSPS) is 13.9. The average Bonchev–Trinajstić information content (AvgIpc) is 1.99. The van der Waals surface area contributed by atoms with Gasteiger partial charge in [0.05, 0.1) is 5.38 Å². The van der Waals surface area contributed by atoms with Crippen molar-refractivity contribution >= 4 is 52.4 Å². The van der Waals surface area contributed by atoms with Crippen molar-refractivity contribution in [3.05, 3.63) is 0 Å². The first-order valence-corrected chi connectivity index (χ1v) is 5.33. The van der Waals surface area contributed by atoms with Gasteiger partial charge in [0, 0.05) is 0 Å². The highest BCUT2D eigenvalue weighted by Gasteiger charge is 2.32. The zero-order valence-corrected chi connectivity index (χ0v) is 10.1. The van der Waals surface area contributed by atoms with E-state index < -0.39 is 9.76 Å². The van der Waals surface area contributed by atoms with E-state index in [1.807, 2.05) is 6.92 Å². The minimum Gasteiger partial charge on any atom is -0.461 e. The van der Waals surface area contributed by atoms with Crippen LogP contribution in [0.1, 0.15) is 19.8 Å². The summed E-state index contributed by atoms with van der Waals surface area (Å²) in [4.78, 5) is 10.9. The molecule has 0 rings (SSSR count). The Kier molecular flexibility index (Phi) is 6.48. The number of halogens is 4. The summed E-state index contributed by atoms with van der Waals surface area (Å²) in [6, 6.07) is 0. The number of alkyl halides is 4. The summed E-state index contributed by atoms with van der Waals surface area (Å²) in [6.45, 7) is 2.05. The van der Waals surface area contributed by atoms with Gasteiger partial charge in [0.1, 0.15) is 6.61 Å². The van der Waals surface area contributed by atoms with Crippen LogP contribution in [-0.2, 0) is 9.53 Å². The van der Waals surface area contributed by atoms with E-state index in [0.29, 0.717) is 0 Å². The molecule has 0 bridgehead atoms. The number of esters is 1. The van der Waals surface area contributed by atoms with Crippen LogP contribution in [-0.4, -0.2) is 21.7 Å². The van der Waals surface area contributed by atoms with E-state index in [1.165, 1.54) is 0 Å². The van der Waals surface area contributed by atoms with Crippen LogP contribution in [0.15, 0.2) is 0 Å². The number of rotatable bonds is 4. The summed E-state index contributed by atoms with van der Waals surface area (Å²) in [7, 11) is 0. The summed E-state index contributed by atoms with van der Waals surface area (Å²) >= 11 is 21.5. The largest absolute Gasteiger partial charge is 0.461 e. The molecule has 0 aliphatic heterocycles. The Morgan fingerprint density at radius 3 is 2.38 bits per heavy atom. The molecule has 0 N–H and O–H groups in total. The molecule has 0 amide bonds. The van der Waals surface area contributed by atoms with Crippen molar-refractivity contribution in [1.82, 2.24) is 0 Å². The standard InChI is InChI=1S/C7H10Cl4O2/c1-2-3-5(8)4-13-6(12)7(9,10)11/h5H,2-4H2,1H3. The lowest BCUT2D eigenvalue weighted by Crippen LogP contribution is -2.25. The van der Waals surface area contributed by atoms with Gasteiger partial charge in [0.15, 0.2) is 0 Å². The summed E-state index contributed by atoms with van der Waals surface area (Å²) in [6.07, 6.45) is 1.67. The Labute approximate surface area is 97.4 Å². The van der Waals surface area contributed by atoms with Crippen LogP contribution in [0.4, 0.5) is 0 Å². The first kappa shape index (κ1) is 13.6. The molecule has 0 aromatic rings. The van der Waals surface area contributed by atoms with Gasteiger partial charge in [0.25, 0.3) is 3.79 Å². The third-order valence-electron chi connectivity index (χ3n) is 1.23. The Morgan fingerprint density at radius 1 is 1.46 bits per heavy atom. The van der Waals surface area contributed by atoms with Crippen LogP contribution in [0, 0.1) is 0 Å². The van der Waals surface area contributed by atoms with Gasteiger partial charge in [-0.3, -0.25) is 0 Å². The smallest absolute Gasteiger partial charge is 0.358 e. The zero-order valence-electron chi connectivity index (χ0n) is 7.03. The van der Waals surface area contributed by atoms with Crippen molar-refractivity contribution in [3.63, 3.8) is 0 Å². The molecule has 0 saturated carbocycles. The van der Waals surface area contributed by atoms with E-state index in [-0.39, 0.29) is 12.0 Å². The molecule has 13 heavy (non-hydrogen) atoms. The minimum absolute atomic E-state index is 0.0716. The van der Waals surface area contributed by atoms with Gasteiger partial charge in [-0.05, 0) is 6.42 Å². The molecule has 0 heterocycles. The van der Waals surface area contributed by atoms with Gasteiger partial charge < -0.3 is 4.74 Å². The van der Waals surface area contributed by atoms with Gasteiger partial charge in [-0.1, -0.05) is 48.1 Å². The van der Waals surface area contributed by atoms with Crippen LogP contribution < -0.4 is 0 Å². The maximum absolute atomic E-state index is 10.9. The highest BCUT2D eigenvalue weighted by molar-refractivity contribution is 6.75. The van der Waals surface area contributed by atoms with Crippen molar-refractivity contribution < 1.29 is 9.53 Å². The maximum atomic E-state index is 10.9. The number of hydrogen-bond donors (Lipinski definition) is 0. The van der Waals surface area contributed by atoms with E-state index in [4.69, 9.17) is 46.4 Å². The molecule has 78 valence electrons. The molecule has 0 radical (unpaired) electrons. The van der Waals surface area contributed by atoms with E-state index in [0.717, 1.165) is 12.8 Å². The maximum Gasteiger partial charge on any atom is 0.358 e. The molecule has 1 atom stereocenters. The number of ether oxygens (including phenoxy) is 1. The fraction of sp³-hybridized carbons (Fsp3) is 0.857. The SMILES string of the molecule is CCCC(Cl)COC(=O)C(Cl)(Cl)Cl. The van der Waals surface area contributed by atoms with Crippen molar-refractivity contribution in [2.45, 2.75) is 28.9 Å². The Hall–Kier alpha value is 0.630. The van der Waals surface area contributed by atoms with Crippen molar-refractivity contribution in [3.8, 4) is 0 Å². The summed E-state index contributed by atoms with van der Waals surface area (Å²) in [5.41, 5.74) is 0. The first-order valence-electron chi connectivity index (χ1n) is 3.76. The Bertz CT molecular complexity index is 166. The minimum atomic E-state index is -2.01. The van der Waals surface area contributed by atoms with Crippen molar-refractivity contribution in [2.24, 2.45) is 0 Å². The van der Waals surface area contributed by atoms with Crippen LogP contribution in [0.25, 0.3) is 0 Å². The number of hydrogen-bond acceptors (Lipinski definition) is 2. The van der Waals surface area contributed by atoms with Crippen LogP contribution in [0.5, 0.6) is 0 Å². The van der Waals surface area contributed by atoms with Crippen molar-refractivity contribution in [2.75, 3.05) is 6.61 Å². The molecular formula is C7H10Cl4O2. The highest BCUT2D eigenvalue weighted by Crippen LogP contribution is 2.27. The second-order valence-electron chi connectivity index (χ2n) is 2.48. The fourth-order valence-corrected chi connectivity index (χ4v) is 1.09. The van der Waals surface area contributed by atoms with Crippen LogP contribution >= 0.6 is 46.4 Å². The van der Waals surface area contributed by atoms with Crippen molar-refractivity contribution in [1.29, 1.82) is 0 Å². The summed E-state index contributed by atoms with van der Waals surface area (Å²) in [5.74, 6) is -0.890. The quantitative estimate of drug-likeness (QED) is 0.577. The molecule has 0 fully saturated rings. The molecule has 0 aliphatic carbocycles. The first-order chi connectivity index (χ1) is 5.88. The third kappa shape index (κ3) is 6.67. The highest BCUT2D eigenvalue weighted by atomic mass is 35.6. The number of carbonyl (C=O) groups excluding carboxylic acids is 1. The molecule has 0 aromatic carbocycles. The van der Waals surface area contributed by atoms with Crippen LogP contribution in [0.3, 0.4) is 0 Å². The second kappa shape index (κ2) is 6.18. The lowest BCUT2D eigenvalue weighted by atomic mass is 10.2. The zero-order chi connectivity index (χ0) is 10.5. The molecular weight excluding hydrogens is 258 g/mol. The number of carbonyl (C=O) groups is 1. The molecule has 0 aliphatic rings. The van der Waals surface area contributed by atoms with Gasteiger partial charge in [-0.15, -0.1) is 11.6 Å². The monoisotopic (exact) mass is 266 g/mol. The lowest BCUT2D eigenvalue weighted by molar-refractivity contribution is -0.142. The molecule has 6 heteroatoms. The third-order valence-corrected chi connectivity index (χ3v) is 2.04. The van der Waals surface area contributed by atoms with Gasteiger partial charge in [0.2, 0.25) is 0 Å². The van der Waals surface area contributed by atoms with Gasteiger partial charge >= 0.3 is 5.97 Å². The summed E-state index contributed by atoms with van der Waals surface area (Å²) in [5, 5.41) is -0.221. The van der Waals surface area contributed by atoms with E-state index >= 15 is 0 Å². The summed E-state index contributed by atoms with van der Waals surface area (Å²) < 4.78 is 2.64. The predicted molar refractivity (Wildman–Crippen MR) is 55.8 cm³/mol. The van der Waals surface area contributed by atoms with Gasteiger partial charge in [-0.25, -0.2) is 4.79 Å². The molecule has 0 aromatic heterocycles. The lowest BCUT2D eigenvalue weighted by Gasteiger charge is -2.12. The van der Waals surface area contributed by atoms with E-state index in [2.05, 4.69) is 4.74 Å². The molecule has 0 saturated heterocycles. The molecule has 1 unspecified atom stereocenters. The Balaban J connectivity index is 3.71. The average molecular weight is 268 g/mol. The van der Waals surface area contributed by atoms with E-state index in [9.17, 15) is 4.79 Å². The van der Waals surface area contributed by atoms with Crippen LogP contribution in [0.2, 0.25) is 0 Å². The second-order valence-corrected chi connectivity index (χ2v) is 5.38. The predicted octanol–water partition coefficient (Wildman–Crippen LogP) is 3.31. The van der Waals surface area contributed by atoms with E-state index in [1.54, 1.807) is 0 Å². The topological polar surface area (TPSA) is 26.3 Å².